The maximum absolute atomic E-state index is 5.80. The number of nitrogens with one attached hydrogen (secondary N) is 1. The third kappa shape index (κ3) is 5.18. The van der Waals surface area contributed by atoms with E-state index >= 15 is 0 Å². The Labute approximate surface area is 105 Å². The molecule has 0 radical (unpaired) electrons. The van der Waals surface area contributed by atoms with Gasteiger partial charge in [-0.15, -0.1) is 0 Å². The molecular formula is C14H24N2O. The van der Waals surface area contributed by atoms with Crippen LogP contribution in [0.15, 0.2) is 12.3 Å². The number of ether oxygens (including phenoxy) is 1. The van der Waals surface area contributed by atoms with Gasteiger partial charge in [0.05, 0.1) is 6.10 Å². The van der Waals surface area contributed by atoms with Crippen LogP contribution < -0.4 is 10.1 Å². The summed E-state index contributed by atoms with van der Waals surface area (Å²) in [5.74, 6) is 1.60. The zero-order valence-electron chi connectivity index (χ0n) is 11.6. The molecule has 17 heavy (non-hydrogen) atoms. The van der Waals surface area contributed by atoms with E-state index in [1.165, 1.54) is 0 Å². The summed E-state index contributed by atoms with van der Waals surface area (Å²) in [6, 6.07) is 2.01. The molecule has 1 aromatic rings. The van der Waals surface area contributed by atoms with E-state index in [2.05, 4.69) is 24.1 Å². The summed E-state index contributed by atoms with van der Waals surface area (Å²) in [6.45, 7) is 12.3. The van der Waals surface area contributed by atoms with Gasteiger partial charge in [0, 0.05) is 30.1 Å². The van der Waals surface area contributed by atoms with E-state index in [4.69, 9.17) is 4.74 Å². The predicted molar refractivity (Wildman–Crippen MR) is 71.3 cm³/mol. The van der Waals surface area contributed by atoms with E-state index in [0.717, 1.165) is 30.1 Å². The Morgan fingerprint density at radius 2 is 2.00 bits per heavy atom. The van der Waals surface area contributed by atoms with E-state index < -0.39 is 0 Å². The molecule has 3 heteroatoms. The highest BCUT2D eigenvalue weighted by Crippen LogP contribution is 2.19. The topological polar surface area (TPSA) is 34.1 Å². The lowest BCUT2D eigenvalue weighted by Gasteiger charge is -2.15. The Kier molecular flexibility index (Phi) is 5.42. The van der Waals surface area contributed by atoms with Crippen LogP contribution in [0, 0.1) is 12.8 Å². The standard InChI is InChI=1S/C14H24N2O/c1-10(2)7-15-8-13-9-16-12(5)6-14(13)17-11(3)4/h6,9-11,15H,7-8H2,1-5H3. The predicted octanol–water partition coefficient (Wildman–Crippen LogP) is 2.92. The number of aryl methyl sites for hydroxylation is 1. The Morgan fingerprint density at radius 1 is 1.29 bits per heavy atom. The lowest BCUT2D eigenvalue weighted by molar-refractivity contribution is 0.239. The van der Waals surface area contributed by atoms with Gasteiger partial charge in [-0.1, -0.05) is 13.8 Å². The fourth-order valence-electron chi connectivity index (χ4n) is 1.55. The lowest BCUT2D eigenvalue weighted by atomic mass is 10.2. The van der Waals surface area contributed by atoms with Crippen LogP contribution in [0.25, 0.3) is 0 Å². The second-order valence-electron chi connectivity index (χ2n) is 5.12. The van der Waals surface area contributed by atoms with Gasteiger partial charge >= 0.3 is 0 Å². The Morgan fingerprint density at radius 3 is 2.59 bits per heavy atom. The van der Waals surface area contributed by atoms with E-state index in [9.17, 15) is 0 Å². The molecule has 0 saturated heterocycles. The van der Waals surface area contributed by atoms with Crippen molar-refractivity contribution in [2.45, 2.75) is 47.3 Å². The first-order valence-corrected chi connectivity index (χ1v) is 6.32. The molecule has 0 aliphatic rings. The minimum Gasteiger partial charge on any atom is -0.491 e. The highest BCUT2D eigenvalue weighted by atomic mass is 16.5. The molecule has 0 aromatic carbocycles. The average molecular weight is 236 g/mol. The minimum atomic E-state index is 0.195. The number of pyridine rings is 1. The molecule has 1 aromatic heterocycles. The molecule has 0 atom stereocenters. The monoisotopic (exact) mass is 236 g/mol. The van der Waals surface area contributed by atoms with Crippen LogP contribution in [0.5, 0.6) is 5.75 Å². The van der Waals surface area contributed by atoms with Gasteiger partial charge in [0.15, 0.2) is 0 Å². The highest BCUT2D eigenvalue weighted by Gasteiger charge is 2.07. The fraction of sp³-hybridized carbons (Fsp3) is 0.643. The normalized spacial score (nSPS) is 11.2. The Balaban J connectivity index is 2.68. The van der Waals surface area contributed by atoms with Crippen LogP contribution in [0.4, 0.5) is 0 Å². The second kappa shape index (κ2) is 6.60. The second-order valence-corrected chi connectivity index (χ2v) is 5.12. The van der Waals surface area contributed by atoms with Gasteiger partial charge in [0.25, 0.3) is 0 Å². The van der Waals surface area contributed by atoms with Crippen molar-refractivity contribution >= 4 is 0 Å². The molecule has 0 aliphatic heterocycles. The van der Waals surface area contributed by atoms with E-state index in [1.807, 2.05) is 33.0 Å². The molecule has 0 aliphatic carbocycles. The van der Waals surface area contributed by atoms with Crippen LogP contribution in [0.3, 0.4) is 0 Å². The number of hydrogen-bond donors (Lipinski definition) is 1. The van der Waals surface area contributed by atoms with Gasteiger partial charge in [0.2, 0.25) is 0 Å². The summed E-state index contributed by atoms with van der Waals surface area (Å²) in [4.78, 5) is 4.32. The average Bonchev–Trinajstić information content (AvgIpc) is 2.20. The van der Waals surface area contributed by atoms with Crippen LogP contribution in [0.2, 0.25) is 0 Å². The van der Waals surface area contributed by atoms with Crippen LogP contribution >= 0.6 is 0 Å². The van der Waals surface area contributed by atoms with Gasteiger partial charge in [-0.2, -0.15) is 0 Å². The van der Waals surface area contributed by atoms with Crippen molar-refractivity contribution in [3.8, 4) is 5.75 Å². The summed E-state index contributed by atoms with van der Waals surface area (Å²) in [5.41, 5.74) is 2.12. The minimum absolute atomic E-state index is 0.195. The van der Waals surface area contributed by atoms with Crippen molar-refractivity contribution in [2.75, 3.05) is 6.54 Å². The molecule has 1 heterocycles. The van der Waals surface area contributed by atoms with Crippen LogP contribution in [-0.4, -0.2) is 17.6 Å². The molecular weight excluding hydrogens is 212 g/mol. The molecule has 1 rings (SSSR count). The molecule has 0 spiro atoms. The van der Waals surface area contributed by atoms with Crippen molar-refractivity contribution in [2.24, 2.45) is 5.92 Å². The molecule has 0 fully saturated rings. The summed E-state index contributed by atoms with van der Waals surface area (Å²) in [6.07, 6.45) is 2.10. The van der Waals surface area contributed by atoms with Crippen molar-refractivity contribution in [1.29, 1.82) is 0 Å². The first kappa shape index (κ1) is 14.0. The SMILES string of the molecule is Cc1cc(OC(C)C)c(CNCC(C)C)cn1. The Hall–Kier alpha value is -1.09. The van der Waals surface area contributed by atoms with E-state index in [-0.39, 0.29) is 6.10 Å². The van der Waals surface area contributed by atoms with Crippen molar-refractivity contribution in [3.63, 3.8) is 0 Å². The molecule has 0 bridgehead atoms. The van der Waals surface area contributed by atoms with Crippen LogP contribution in [-0.2, 0) is 6.54 Å². The molecule has 1 N–H and O–H groups in total. The first-order valence-electron chi connectivity index (χ1n) is 6.32. The number of rotatable bonds is 6. The summed E-state index contributed by atoms with van der Waals surface area (Å²) in [7, 11) is 0. The van der Waals surface area contributed by atoms with E-state index in [1.54, 1.807) is 0 Å². The first-order chi connectivity index (χ1) is 7.99. The van der Waals surface area contributed by atoms with Gasteiger partial charge in [-0.05, 0) is 33.2 Å². The largest absolute Gasteiger partial charge is 0.491 e. The van der Waals surface area contributed by atoms with Gasteiger partial charge in [-0.3, -0.25) is 4.98 Å². The maximum atomic E-state index is 5.80. The molecule has 0 amide bonds. The van der Waals surface area contributed by atoms with Gasteiger partial charge in [-0.25, -0.2) is 0 Å². The maximum Gasteiger partial charge on any atom is 0.127 e. The number of hydrogen-bond acceptors (Lipinski definition) is 3. The molecule has 0 unspecified atom stereocenters. The fourth-order valence-corrected chi connectivity index (χ4v) is 1.55. The summed E-state index contributed by atoms with van der Waals surface area (Å²) in [5, 5.41) is 3.41. The van der Waals surface area contributed by atoms with Gasteiger partial charge < -0.3 is 10.1 Å². The zero-order chi connectivity index (χ0) is 12.8. The van der Waals surface area contributed by atoms with Gasteiger partial charge in [0.1, 0.15) is 5.75 Å². The molecule has 3 nitrogen and oxygen atoms in total. The van der Waals surface area contributed by atoms with Crippen molar-refractivity contribution in [3.05, 3.63) is 23.5 Å². The number of nitrogens with zero attached hydrogens (tertiary/aromatic N) is 1. The van der Waals surface area contributed by atoms with E-state index in [0.29, 0.717) is 5.92 Å². The zero-order valence-corrected chi connectivity index (χ0v) is 11.6. The lowest BCUT2D eigenvalue weighted by Crippen LogP contribution is -2.20. The third-order valence-electron chi connectivity index (χ3n) is 2.31. The van der Waals surface area contributed by atoms with Crippen molar-refractivity contribution < 1.29 is 4.74 Å². The van der Waals surface area contributed by atoms with Crippen LogP contribution in [0.1, 0.15) is 39.0 Å². The number of aromatic nitrogens is 1. The quantitative estimate of drug-likeness (QED) is 0.824. The highest BCUT2D eigenvalue weighted by molar-refractivity contribution is 5.33. The molecule has 96 valence electrons. The molecule has 0 saturated carbocycles. The Bertz CT molecular complexity index is 348. The smallest absolute Gasteiger partial charge is 0.127 e. The van der Waals surface area contributed by atoms with Crippen molar-refractivity contribution in [1.82, 2.24) is 10.3 Å². The summed E-state index contributed by atoms with van der Waals surface area (Å²) < 4.78 is 5.80. The summed E-state index contributed by atoms with van der Waals surface area (Å²) >= 11 is 0. The third-order valence-corrected chi connectivity index (χ3v) is 2.31.